The number of hydrogen-bond donors (Lipinski definition) is 2. The Morgan fingerprint density at radius 1 is 1.21 bits per heavy atom. The highest BCUT2D eigenvalue weighted by Gasteiger charge is 2.15. The zero-order chi connectivity index (χ0) is 17.4. The number of likely N-dealkylation sites (tertiary alicyclic amines) is 1. The Morgan fingerprint density at radius 2 is 1.83 bits per heavy atom. The molecule has 1 atom stereocenters. The molecule has 0 aliphatic carbocycles. The summed E-state index contributed by atoms with van der Waals surface area (Å²) in [6.45, 7) is 11.1. The van der Waals surface area contributed by atoms with Gasteiger partial charge in [0.25, 0.3) is 0 Å². The molecule has 1 fully saturated rings. The normalized spacial score (nSPS) is 18.4. The first kappa shape index (κ1) is 18.8. The Hall–Kier alpha value is -1.55. The number of guanidine groups is 1. The maximum atomic E-state index is 4.28. The lowest BCUT2D eigenvalue weighted by atomic mass is 9.99. The van der Waals surface area contributed by atoms with Crippen molar-refractivity contribution in [2.75, 3.05) is 20.1 Å². The molecule has 1 aromatic rings. The van der Waals surface area contributed by atoms with Gasteiger partial charge in [0, 0.05) is 26.2 Å². The first-order chi connectivity index (χ1) is 11.6. The van der Waals surface area contributed by atoms with E-state index >= 15 is 0 Å². The number of benzene rings is 1. The fourth-order valence-corrected chi connectivity index (χ4v) is 2.96. The van der Waals surface area contributed by atoms with Gasteiger partial charge in [-0.1, -0.05) is 38.1 Å². The predicted octanol–water partition coefficient (Wildman–Crippen LogP) is 3.38. The third-order valence-electron chi connectivity index (χ3n) is 4.98. The number of rotatable bonds is 6. The summed E-state index contributed by atoms with van der Waals surface area (Å²) in [6.07, 6.45) is 3.76. The molecule has 4 nitrogen and oxygen atoms in total. The van der Waals surface area contributed by atoms with Crippen molar-refractivity contribution in [3.8, 4) is 0 Å². The molecule has 1 unspecified atom stereocenters. The summed E-state index contributed by atoms with van der Waals surface area (Å²) in [5, 5.41) is 6.77. The van der Waals surface area contributed by atoms with E-state index in [1.807, 2.05) is 7.05 Å². The molecule has 0 saturated carbocycles. The van der Waals surface area contributed by atoms with Crippen molar-refractivity contribution in [2.24, 2.45) is 10.9 Å². The minimum atomic E-state index is 0.436. The molecule has 1 heterocycles. The monoisotopic (exact) mass is 330 g/mol. The Kier molecular flexibility index (Phi) is 7.57. The van der Waals surface area contributed by atoms with Crippen LogP contribution < -0.4 is 10.6 Å². The van der Waals surface area contributed by atoms with Gasteiger partial charge in [-0.15, -0.1) is 0 Å². The van der Waals surface area contributed by atoms with Crippen LogP contribution in [-0.4, -0.2) is 37.0 Å². The third kappa shape index (κ3) is 6.16. The summed E-state index contributed by atoms with van der Waals surface area (Å²) in [6, 6.07) is 9.42. The molecule has 0 spiro atoms. The van der Waals surface area contributed by atoms with E-state index in [2.05, 4.69) is 65.6 Å². The lowest BCUT2D eigenvalue weighted by molar-refractivity contribution is 0.185. The summed E-state index contributed by atoms with van der Waals surface area (Å²) >= 11 is 0. The minimum absolute atomic E-state index is 0.436. The number of hydrogen-bond acceptors (Lipinski definition) is 2. The van der Waals surface area contributed by atoms with Crippen LogP contribution in [0.5, 0.6) is 0 Å². The van der Waals surface area contributed by atoms with Crippen LogP contribution in [0.1, 0.15) is 51.2 Å². The number of nitrogens with zero attached hydrogens (tertiary/aromatic N) is 2. The molecule has 24 heavy (non-hydrogen) atoms. The van der Waals surface area contributed by atoms with Gasteiger partial charge >= 0.3 is 0 Å². The fourth-order valence-electron chi connectivity index (χ4n) is 2.96. The predicted molar refractivity (Wildman–Crippen MR) is 103 cm³/mol. The van der Waals surface area contributed by atoms with E-state index in [9.17, 15) is 0 Å². The first-order valence-corrected chi connectivity index (χ1v) is 9.38. The fraction of sp³-hybridized carbons (Fsp3) is 0.650. The molecule has 1 aromatic carbocycles. The van der Waals surface area contributed by atoms with Gasteiger partial charge in [0.15, 0.2) is 5.96 Å². The van der Waals surface area contributed by atoms with Crippen LogP contribution in [0.25, 0.3) is 0 Å². The summed E-state index contributed by atoms with van der Waals surface area (Å²) in [5.74, 6) is 1.77. The van der Waals surface area contributed by atoms with Crippen molar-refractivity contribution in [2.45, 2.75) is 59.2 Å². The second-order valence-corrected chi connectivity index (χ2v) is 7.15. The zero-order valence-corrected chi connectivity index (χ0v) is 15.8. The van der Waals surface area contributed by atoms with Crippen LogP contribution in [0.3, 0.4) is 0 Å². The van der Waals surface area contributed by atoms with Gasteiger partial charge in [-0.2, -0.15) is 0 Å². The van der Waals surface area contributed by atoms with E-state index in [-0.39, 0.29) is 0 Å². The number of aliphatic imine (C=N–C) groups is 1. The standard InChI is InChI=1S/C20H34N4/c1-5-17(3)23-20(21-4)22-14-18-6-8-19(9-7-18)15-24-12-10-16(2)11-13-24/h6-9,16-17H,5,10-15H2,1-4H3,(H2,21,22,23). The maximum Gasteiger partial charge on any atom is 0.191 e. The Morgan fingerprint density at radius 3 is 2.42 bits per heavy atom. The molecule has 0 amide bonds. The largest absolute Gasteiger partial charge is 0.354 e. The maximum absolute atomic E-state index is 4.28. The molecule has 2 rings (SSSR count). The second-order valence-electron chi connectivity index (χ2n) is 7.15. The molecule has 0 radical (unpaired) electrons. The van der Waals surface area contributed by atoms with Crippen LogP contribution in [0.15, 0.2) is 29.3 Å². The smallest absolute Gasteiger partial charge is 0.191 e. The Bertz CT molecular complexity index is 501. The summed E-state index contributed by atoms with van der Waals surface area (Å²) < 4.78 is 0. The van der Waals surface area contributed by atoms with E-state index in [0.29, 0.717) is 6.04 Å². The first-order valence-electron chi connectivity index (χ1n) is 9.38. The number of piperidine rings is 1. The van der Waals surface area contributed by atoms with Gasteiger partial charge in [-0.05, 0) is 56.3 Å². The van der Waals surface area contributed by atoms with Gasteiger partial charge in [0.1, 0.15) is 0 Å². The SMILES string of the molecule is CCC(C)NC(=NC)NCc1ccc(CN2CCC(C)CC2)cc1. The molecule has 0 aromatic heterocycles. The zero-order valence-electron chi connectivity index (χ0n) is 15.8. The minimum Gasteiger partial charge on any atom is -0.354 e. The molecule has 4 heteroatoms. The van der Waals surface area contributed by atoms with Crippen molar-refractivity contribution in [1.82, 2.24) is 15.5 Å². The highest BCUT2D eigenvalue weighted by molar-refractivity contribution is 5.79. The van der Waals surface area contributed by atoms with Crippen molar-refractivity contribution in [1.29, 1.82) is 0 Å². The van der Waals surface area contributed by atoms with E-state index in [1.165, 1.54) is 37.1 Å². The van der Waals surface area contributed by atoms with Crippen LogP contribution in [0, 0.1) is 5.92 Å². The van der Waals surface area contributed by atoms with Gasteiger partial charge in [0.05, 0.1) is 0 Å². The Labute approximate surface area is 147 Å². The molecule has 1 saturated heterocycles. The summed E-state index contributed by atoms with van der Waals surface area (Å²) in [5.41, 5.74) is 2.70. The molecular formula is C20H34N4. The van der Waals surface area contributed by atoms with Crippen LogP contribution in [-0.2, 0) is 13.1 Å². The van der Waals surface area contributed by atoms with Gasteiger partial charge in [-0.25, -0.2) is 0 Å². The molecular weight excluding hydrogens is 296 g/mol. The van der Waals surface area contributed by atoms with Crippen molar-refractivity contribution in [3.05, 3.63) is 35.4 Å². The van der Waals surface area contributed by atoms with Gasteiger partial charge < -0.3 is 10.6 Å². The summed E-state index contributed by atoms with van der Waals surface area (Å²) in [4.78, 5) is 6.85. The molecule has 1 aliphatic heterocycles. The lowest BCUT2D eigenvalue weighted by Crippen LogP contribution is -2.41. The van der Waals surface area contributed by atoms with Crippen LogP contribution in [0.2, 0.25) is 0 Å². The van der Waals surface area contributed by atoms with Gasteiger partial charge in [0.2, 0.25) is 0 Å². The average Bonchev–Trinajstić information content (AvgIpc) is 2.61. The third-order valence-corrected chi connectivity index (χ3v) is 4.98. The Balaban J connectivity index is 1.79. The van der Waals surface area contributed by atoms with E-state index in [0.717, 1.165) is 31.4 Å². The topological polar surface area (TPSA) is 39.7 Å². The van der Waals surface area contributed by atoms with E-state index in [4.69, 9.17) is 0 Å². The van der Waals surface area contributed by atoms with Gasteiger partial charge in [-0.3, -0.25) is 9.89 Å². The average molecular weight is 331 g/mol. The van der Waals surface area contributed by atoms with E-state index in [1.54, 1.807) is 0 Å². The van der Waals surface area contributed by atoms with Crippen molar-refractivity contribution >= 4 is 5.96 Å². The second kappa shape index (κ2) is 9.67. The number of nitrogens with one attached hydrogen (secondary N) is 2. The van der Waals surface area contributed by atoms with Crippen LogP contribution in [0.4, 0.5) is 0 Å². The quantitative estimate of drug-likeness (QED) is 0.620. The lowest BCUT2D eigenvalue weighted by Gasteiger charge is -2.30. The molecule has 1 aliphatic rings. The van der Waals surface area contributed by atoms with Crippen LogP contribution >= 0.6 is 0 Å². The highest BCUT2D eigenvalue weighted by Crippen LogP contribution is 2.18. The van der Waals surface area contributed by atoms with Crippen molar-refractivity contribution in [3.63, 3.8) is 0 Å². The summed E-state index contributed by atoms with van der Waals surface area (Å²) in [7, 11) is 1.82. The molecule has 2 N–H and O–H groups in total. The van der Waals surface area contributed by atoms with Crippen molar-refractivity contribution < 1.29 is 0 Å². The van der Waals surface area contributed by atoms with E-state index < -0.39 is 0 Å². The molecule has 0 bridgehead atoms. The molecule has 134 valence electrons. The highest BCUT2D eigenvalue weighted by atomic mass is 15.2.